The highest BCUT2D eigenvalue weighted by atomic mass is 33.1. The molecular weight excluding hydrogens is 336 g/mol. The van der Waals surface area contributed by atoms with Gasteiger partial charge in [0.15, 0.2) is 5.44 Å². The minimum Gasteiger partial charge on any atom is -0.463 e. The number of hydrogen-bond donors (Lipinski definition) is 0. The van der Waals surface area contributed by atoms with E-state index in [2.05, 4.69) is 13.0 Å². The molecule has 5 atom stereocenters. The molecule has 2 unspecified atom stereocenters. The monoisotopic (exact) mass is 362 g/mol. The van der Waals surface area contributed by atoms with Crippen LogP contribution in [0.4, 0.5) is 0 Å². The number of carbonyl (C=O) groups excluding carboxylic acids is 2. The molecule has 0 aromatic heterocycles. The van der Waals surface area contributed by atoms with E-state index in [1.165, 1.54) is 24.6 Å². The van der Waals surface area contributed by atoms with Crippen LogP contribution in [0.15, 0.2) is 11.5 Å². The Labute approximate surface area is 146 Å². The van der Waals surface area contributed by atoms with E-state index in [0.29, 0.717) is 0 Å². The first kappa shape index (κ1) is 20.4. The molecule has 0 spiro atoms. The summed E-state index contributed by atoms with van der Waals surface area (Å²) in [5.74, 6) is -0.399. The Morgan fingerprint density at radius 2 is 1.87 bits per heavy atom. The van der Waals surface area contributed by atoms with Crippen LogP contribution >= 0.6 is 21.6 Å². The molecule has 1 aliphatic heterocycles. The topological polar surface area (TPSA) is 61.8 Å². The zero-order valence-electron chi connectivity index (χ0n) is 14.3. The predicted octanol–water partition coefficient (Wildman–Crippen LogP) is 3.78. The van der Waals surface area contributed by atoms with Crippen molar-refractivity contribution < 1.29 is 23.8 Å². The Morgan fingerprint density at radius 1 is 1.17 bits per heavy atom. The number of ether oxygens (including phenoxy) is 3. The van der Waals surface area contributed by atoms with Crippen LogP contribution in [0.3, 0.4) is 0 Å². The lowest BCUT2D eigenvalue weighted by Crippen LogP contribution is -2.50. The van der Waals surface area contributed by atoms with Gasteiger partial charge in [0.25, 0.3) is 0 Å². The van der Waals surface area contributed by atoms with Crippen molar-refractivity contribution >= 4 is 33.5 Å². The van der Waals surface area contributed by atoms with Gasteiger partial charge in [-0.2, -0.15) is 0 Å². The lowest BCUT2D eigenvalue weighted by molar-refractivity contribution is -0.184. The normalized spacial score (nSPS) is 31.1. The van der Waals surface area contributed by atoms with E-state index in [1.807, 2.05) is 19.3 Å². The summed E-state index contributed by atoms with van der Waals surface area (Å²) in [7, 11) is 3.08. The van der Waals surface area contributed by atoms with Crippen molar-refractivity contribution in [3.63, 3.8) is 0 Å². The zero-order chi connectivity index (χ0) is 17.4. The van der Waals surface area contributed by atoms with Crippen molar-refractivity contribution in [3.8, 4) is 0 Å². The van der Waals surface area contributed by atoms with Gasteiger partial charge in [-0.15, -0.1) is 0 Å². The summed E-state index contributed by atoms with van der Waals surface area (Å²) < 4.78 is 16.7. The maximum absolute atomic E-state index is 11.4. The molecule has 1 aliphatic rings. The summed E-state index contributed by atoms with van der Waals surface area (Å²) in [5.41, 5.74) is -0.294. The molecular formula is C16H26O5S2. The SMILES string of the molecule is CC/C=C\SS[C@@H]1OC(COC(C)=O)[C@@H](C)[C@H](C)C1OC(C)=O. The van der Waals surface area contributed by atoms with E-state index in [9.17, 15) is 9.59 Å². The molecule has 1 heterocycles. The standard InChI is InChI=1S/C16H26O5S2/c1-6-7-8-22-23-16-15(20-13(5)18)11(3)10(2)14(21-16)9-19-12(4)17/h7-8,10-11,14-16H,6,9H2,1-5H3/b8-7-/t10-,11-,14?,15?,16-/m0/s1. The van der Waals surface area contributed by atoms with E-state index >= 15 is 0 Å². The molecule has 1 fully saturated rings. The fraction of sp³-hybridized carbons (Fsp3) is 0.750. The fourth-order valence-corrected chi connectivity index (χ4v) is 4.57. The van der Waals surface area contributed by atoms with Crippen molar-refractivity contribution in [1.82, 2.24) is 0 Å². The predicted molar refractivity (Wildman–Crippen MR) is 93.8 cm³/mol. The lowest BCUT2D eigenvalue weighted by atomic mass is 9.84. The average molecular weight is 363 g/mol. The Hall–Kier alpha value is -0.660. The molecule has 0 aromatic carbocycles. The molecule has 5 nitrogen and oxygen atoms in total. The molecule has 7 heteroatoms. The molecule has 0 saturated carbocycles. The van der Waals surface area contributed by atoms with Crippen molar-refractivity contribution in [1.29, 1.82) is 0 Å². The van der Waals surface area contributed by atoms with Gasteiger partial charge in [0.05, 0.1) is 6.10 Å². The summed E-state index contributed by atoms with van der Waals surface area (Å²) >= 11 is 0. The number of hydrogen-bond acceptors (Lipinski definition) is 7. The first-order chi connectivity index (χ1) is 10.9. The van der Waals surface area contributed by atoms with Gasteiger partial charge in [0.2, 0.25) is 0 Å². The Kier molecular flexibility index (Phi) is 9.09. The van der Waals surface area contributed by atoms with Crippen molar-refractivity contribution in [2.24, 2.45) is 11.8 Å². The highest BCUT2D eigenvalue weighted by Crippen LogP contribution is 2.41. The average Bonchev–Trinajstić information content (AvgIpc) is 2.48. The third-order valence-corrected chi connectivity index (χ3v) is 6.02. The second-order valence-corrected chi connectivity index (χ2v) is 7.89. The van der Waals surface area contributed by atoms with Gasteiger partial charge in [-0.05, 0) is 17.7 Å². The van der Waals surface area contributed by atoms with Crippen molar-refractivity contribution in [2.75, 3.05) is 6.61 Å². The summed E-state index contributed by atoms with van der Waals surface area (Å²) in [4.78, 5) is 22.4. The number of esters is 2. The van der Waals surface area contributed by atoms with Crippen LogP contribution in [0.2, 0.25) is 0 Å². The second-order valence-electron chi connectivity index (χ2n) is 5.61. The molecule has 0 N–H and O–H groups in total. The van der Waals surface area contributed by atoms with Crippen LogP contribution in [-0.4, -0.2) is 36.2 Å². The van der Waals surface area contributed by atoms with Crippen LogP contribution in [0.1, 0.15) is 41.0 Å². The Bertz CT molecular complexity index is 425. The minimum absolute atomic E-state index is 0.112. The van der Waals surface area contributed by atoms with Crippen LogP contribution in [0.5, 0.6) is 0 Å². The summed E-state index contributed by atoms with van der Waals surface area (Å²) in [6, 6.07) is 0. The van der Waals surface area contributed by atoms with E-state index in [-0.39, 0.29) is 48.0 Å². The van der Waals surface area contributed by atoms with E-state index < -0.39 is 0 Å². The molecule has 0 aromatic rings. The van der Waals surface area contributed by atoms with Crippen molar-refractivity contribution in [3.05, 3.63) is 11.5 Å². The summed E-state index contributed by atoms with van der Waals surface area (Å²) in [6.07, 6.45) is 2.51. The molecule has 0 bridgehead atoms. The molecule has 132 valence electrons. The molecule has 0 radical (unpaired) electrons. The first-order valence-electron chi connectivity index (χ1n) is 7.80. The molecule has 0 amide bonds. The maximum atomic E-state index is 11.4. The number of allylic oxidation sites excluding steroid dienone is 1. The van der Waals surface area contributed by atoms with Crippen LogP contribution in [0, 0.1) is 11.8 Å². The molecule has 23 heavy (non-hydrogen) atoms. The molecule has 1 rings (SSSR count). The third kappa shape index (κ3) is 6.77. The zero-order valence-corrected chi connectivity index (χ0v) is 15.9. The van der Waals surface area contributed by atoms with Gasteiger partial charge in [0, 0.05) is 19.8 Å². The lowest BCUT2D eigenvalue weighted by Gasteiger charge is -2.43. The fourth-order valence-electron chi connectivity index (χ4n) is 2.30. The maximum Gasteiger partial charge on any atom is 0.303 e. The Balaban J connectivity index is 2.77. The van der Waals surface area contributed by atoms with Gasteiger partial charge >= 0.3 is 11.9 Å². The first-order valence-corrected chi connectivity index (χ1v) is 10.1. The van der Waals surface area contributed by atoms with Gasteiger partial charge in [0.1, 0.15) is 12.7 Å². The highest BCUT2D eigenvalue weighted by molar-refractivity contribution is 8.78. The van der Waals surface area contributed by atoms with Crippen molar-refractivity contribution in [2.45, 2.75) is 58.7 Å². The van der Waals surface area contributed by atoms with E-state index in [4.69, 9.17) is 14.2 Å². The molecule has 0 aliphatic carbocycles. The smallest absolute Gasteiger partial charge is 0.303 e. The number of rotatable bonds is 7. The minimum atomic E-state index is -0.319. The quantitative estimate of drug-likeness (QED) is 0.504. The number of carbonyl (C=O) groups is 2. The van der Waals surface area contributed by atoms with E-state index in [0.717, 1.165) is 6.42 Å². The molecule has 1 saturated heterocycles. The summed E-state index contributed by atoms with van der Waals surface area (Å²) in [5, 5.41) is 2.00. The van der Waals surface area contributed by atoms with Crippen LogP contribution in [-0.2, 0) is 23.8 Å². The van der Waals surface area contributed by atoms with Gasteiger partial charge in [-0.1, -0.05) is 48.4 Å². The Morgan fingerprint density at radius 3 is 2.43 bits per heavy atom. The summed E-state index contributed by atoms with van der Waals surface area (Å²) in [6.45, 7) is 9.16. The largest absolute Gasteiger partial charge is 0.463 e. The van der Waals surface area contributed by atoms with Crippen LogP contribution in [0.25, 0.3) is 0 Å². The van der Waals surface area contributed by atoms with Gasteiger partial charge in [-0.25, -0.2) is 0 Å². The highest BCUT2D eigenvalue weighted by Gasteiger charge is 2.44. The van der Waals surface area contributed by atoms with Gasteiger partial charge in [-0.3, -0.25) is 9.59 Å². The van der Waals surface area contributed by atoms with Gasteiger partial charge < -0.3 is 14.2 Å². The second kappa shape index (κ2) is 10.3. The van der Waals surface area contributed by atoms with E-state index in [1.54, 1.807) is 10.8 Å². The van der Waals surface area contributed by atoms with Crippen LogP contribution < -0.4 is 0 Å². The third-order valence-electron chi connectivity index (χ3n) is 3.80.